The lowest BCUT2D eigenvalue weighted by Crippen LogP contribution is -2.52. The summed E-state index contributed by atoms with van der Waals surface area (Å²) in [5, 5.41) is 12.4. The van der Waals surface area contributed by atoms with Gasteiger partial charge in [0.2, 0.25) is 5.91 Å². The zero-order chi connectivity index (χ0) is 12.1. The zero-order valence-corrected chi connectivity index (χ0v) is 10.0. The van der Waals surface area contributed by atoms with E-state index >= 15 is 0 Å². The number of fused-ring (bicyclic) bond motifs is 2. The van der Waals surface area contributed by atoms with Crippen molar-refractivity contribution in [3.8, 4) is 0 Å². The molecule has 0 spiro atoms. The van der Waals surface area contributed by atoms with Crippen LogP contribution in [-0.2, 0) is 9.59 Å². The van der Waals surface area contributed by atoms with Crippen LogP contribution in [0.3, 0.4) is 0 Å². The molecule has 0 heterocycles. The summed E-state index contributed by atoms with van der Waals surface area (Å²) in [6.07, 6.45) is 2.46. The smallest absolute Gasteiger partial charge is 0.312 e. The van der Waals surface area contributed by atoms with Gasteiger partial charge in [0.15, 0.2) is 0 Å². The predicted octanol–water partition coefficient (Wildman–Crippen LogP) is 1.40. The second-order valence-corrected chi connectivity index (χ2v) is 5.72. The Hall–Kier alpha value is -1.06. The molecule has 0 aliphatic heterocycles. The van der Waals surface area contributed by atoms with Crippen LogP contribution >= 0.6 is 0 Å². The Morgan fingerprint density at radius 2 is 2.00 bits per heavy atom. The number of carboxylic acid groups (broad SMARTS) is 1. The lowest BCUT2D eigenvalue weighted by atomic mass is 9.67. The molecular weight excluding hydrogens is 206 g/mol. The highest BCUT2D eigenvalue weighted by Crippen LogP contribution is 2.65. The first-order chi connectivity index (χ1) is 7.32. The van der Waals surface area contributed by atoms with Gasteiger partial charge in [-0.2, -0.15) is 0 Å². The van der Waals surface area contributed by atoms with Gasteiger partial charge in [-0.1, -0.05) is 13.8 Å². The zero-order valence-electron chi connectivity index (χ0n) is 10.0. The van der Waals surface area contributed by atoms with Gasteiger partial charge in [0.1, 0.15) is 0 Å². The van der Waals surface area contributed by atoms with Gasteiger partial charge in [0.05, 0.1) is 5.41 Å². The summed E-state index contributed by atoms with van der Waals surface area (Å²) in [6.45, 7) is 5.51. The van der Waals surface area contributed by atoms with Gasteiger partial charge >= 0.3 is 5.97 Å². The van der Waals surface area contributed by atoms with Crippen molar-refractivity contribution in [2.24, 2.45) is 16.7 Å². The van der Waals surface area contributed by atoms with Gasteiger partial charge in [-0.25, -0.2) is 0 Å². The number of amides is 1. The second-order valence-electron chi connectivity index (χ2n) is 5.72. The van der Waals surface area contributed by atoms with E-state index in [9.17, 15) is 14.7 Å². The van der Waals surface area contributed by atoms with Crippen molar-refractivity contribution in [3.05, 3.63) is 0 Å². The molecule has 0 radical (unpaired) electrons. The minimum atomic E-state index is -0.761. The standard InChI is InChI=1S/C12H19NO3/c1-7(14)13-9-6-8-4-5-12(9,10(15)16)11(8,2)3/h8-9H,4-6H2,1-3H3,(H,13,14)(H,15,16). The summed E-state index contributed by atoms with van der Waals surface area (Å²) < 4.78 is 0. The molecule has 90 valence electrons. The number of hydrogen-bond acceptors (Lipinski definition) is 2. The van der Waals surface area contributed by atoms with E-state index in [4.69, 9.17) is 0 Å². The van der Waals surface area contributed by atoms with E-state index in [1.54, 1.807) is 0 Å². The monoisotopic (exact) mass is 225 g/mol. The molecule has 4 nitrogen and oxygen atoms in total. The van der Waals surface area contributed by atoms with Crippen molar-refractivity contribution in [3.63, 3.8) is 0 Å². The summed E-state index contributed by atoms with van der Waals surface area (Å²) in [6, 6.07) is -0.198. The molecule has 2 fully saturated rings. The summed E-state index contributed by atoms with van der Waals surface area (Å²) in [7, 11) is 0. The van der Waals surface area contributed by atoms with Gasteiger partial charge in [0.25, 0.3) is 0 Å². The van der Waals surface area contributed by atoms with Crippen LogP contribution in [-0.4, -0.2) is 23.0 Å². The Morgan fingerprint density at radius 3 is 2.44 bits per heavy atom. The molecule has 2 rings (SSSR count). The number of nitrogens with one attached hydrogen (secondary N) is 1. The van der Waals surface area contributed by atoms with Gasteiger partial charge in [-0.3, -0.25) is 9.59 Å². The topological polar surface area (TPSA) is 66.4 Å². The highest BCUT2D eigenvalue weighted by molar-refractivity contribution is 5.81. The molecule has 2 bridgehead atoms. The highest BCUT2D eigenvalue weighted by Gasteiger charge is 2.68. The Kier molecular flexibility index (Phi) is 2.30. The lowest BCUT2D eigenvalue weighted by molar-refractivity contribution is -0.155. The average molecular weight is 225 g/mol. The number of hydrogen-bond donors (Lipinski definition) is 2. The van der Waals surface area contributed by atoms with E-state index in [1.165, 1.54) is 6.92 Å². The van der Waals surface area contributed by atoms with Crippen LogP contribution in [0.25, 0.3) is 0 Å². The molecule has 2 N–H and O–H groups in total. The fraction of sp³-hybridized carbons (Fsp3) is 0.833. The fourth-order valence-corrected chi connectivity index (χ4v) is 3.93. The molecule has 2 saturated carbocycles. The van der Waals surface area contributed by atoms with Gasteiger partial charge in [-0.15, -0.1) is 0 Å². The third-order valence-corrected chi connectivity index (χ3v) is 4.93. The van der Waals surface area contributed by atoms with E-state index < -0.39 is 11.4 Å². The molecule has 3 unspecified atom stereocenters. The second kappa shape index (κ2) is 3.22. The molecular formula is C12H19NO3. The minimum absolute atomic E-state index is 0.131. The van der Waals surface area contributed by atoms with Crippen molar-refractivity contribution in [1.29, 1.82) is 0 Å². The summed E-state index contributed by atoms with van der Waals surface area (Å²) in [5.41, 5.74) is -0.977. The molecule has 2 aliphatic carbocycles. The molecule has 3 atom stereocenters. The van der Waals surface area contributed by atoms with Crippen LogP contribution in [0.15, 0.2) is 0 Å². The first kappa shape index (κ1) is 11.4. The highest BCUT2D eigenvalue weighted by atomic mass is 16.4. The molecule has 0 aromatic carbocycles. The number of rotatable bonds is 2. The van der Waals surface area contributed by atoms with Crippen molar-refractivity contribution in [1.82, 2.24) is 5.32 Å². The van der Waals surface area contributed by atoms with Gasteiger partial charge in [-0.05, 0) is 30.6 Å². The van der Waals surface area contributed by atoms with E-state index in [0.29, 0.717) is 12.3 Å². The summed E-state index contributed by atoms with van der Waals surface area (Å²) >= 11 is 0. The Labute approximate surface area is 95.4 Å². The average Bonchev–Trinajstić information content (AvgIpc) is 2.50. The Bertz CT molecular complexity index is 350. The van der Waals surface area contributed by atoms with E-state index in [1.807, 2.05) is 13.8 Å². The van der Waals surface area contributed by atoms with Crippen LogP contribution in [0.4, 0.5) is 0 Å². The van der Waals surface area contributed by atoms with E-state index in [-0.39, 0.29) is 17.4 Å². The van der Waals surface area contributed by atoms with E-state index in [2.05, 4.69) is 5.32 Å². The Morgan fingerprint density at radius 1 is 1.38 bits per heavy atom. The minimum Gasteiger partial charge on any atom is -0.481 e. The first-order valence-corrected chi connectivity index (χ1v) is 5.83. The third kappa shape index (κ3) is 1.16. The van der Waals surface area contributed by atoms with E-state index in [0.717, 1.165) is 12.8 Å². The summed E-state index contributed by atoms with van der Waals surface area (Å²) in [5.74, 6) is -0.467. The van der Waals surface area contributed by atoms with Crippen LogP contribution in [0, 0.1) is 16.7 Å². The van der Waals surface area contributed by atoms with Crippen LogP contribution < -0.4 is 5.32 Å². The van der Waals surface area contributed by atoms with Crippen molar-refractivity contribution >= 4 is 11.9 Å². The molecule has 0 aromatic heterocycles. The van der Waals surface area contributed by atoms with Crippen LogP contribution in [0.5, 0.6) is 0 Å². The quantitative estimate of drug-likeness (QED) is 0.746. The van der Waals surface area contributed by atoms with Crippen LogP contribution in [0.2, 0.25) is 0 Å². The van der Waals surface area contributed by atoms with Gasteiger partial charge in [0, 0.05) is 13.0 Å². The largest absolute Gasteiger partial charge is 0.481 e. The Balaban J connectivity index is 2.38. The van der Waals surface area contributed by atoms with Crippen molar-refractivity contribution in [2.45, 2.75) is 46.1 Å². The molecule has 1 amide bonds. The van der Waals surface area contributed by atoms with Crippen molar-refractivity contribution < 1.29 is 14.7 Å². The number of aliphatic carboxylic acids is 1. The third-order valence-electron chi connectivity index (χ3n) is 4.93. The fourth-order valence-electron chi connectivity index (χ4n) is 3.93. The maximum Gasteiger partial charge on any atom is 0.312 e. The molecule has 16 heavy (non-hydrogen) atoms. The number of carbonyl (C=O) groups is 2. The van der Waals surface area contributed by atoms with Crippen molar-refractivity contribution in [2.75, 3.05) is 0 Å². The SMILES string of the molecule is CC(=O)NC1CC2CCC1(C(=O)O)C2(C)C. The lowest BCUT2D eigenvalue weighted by Gasteiger charge is -2.38. The normalized spacial score (nSPS) is 39.7. The molecule has 2 aliphatic rings. The molecule has 4 heteroatoms. The number of carbonyl (C=O) groups excluding carboxylic acids is 1. The molecule has 0 saturated heterocycles. The van der Waals surface area contributed by atoms with Gasteiger partial charge < -0.3 is 10.4 Å². The maximum absolute atomic E-state index is 11.6. The molecule has 0 aromatic rings. The number of carboxylic acids is 1. The summed E-state index contributed by atoms with van der Waals surface area (Å²) in [4.78, 5) is 22.8. The first-order valence-electron chi connectivity index (χ1n) is 5.83. The predicted molar refractivity (Wildman–Crippen MR) is 58.8 cm³/mol. The van der Waals surface area contributed by atoms with Crippen LogP contribution in [0.1, 0.15) is 40.0 Å². The maximum atomic E-state index is 11.6.